The topological polar surface area (TPSA) is 315 Å². The van der Waals surface area contributed by atoms with Crippen molar-refractivity contribution in [3.63, 3.8) is 0 Å². The highest BCUT2D eigenvalue weighted by Crippen LogP contribution is 2.29. The highest BCUT2D eigenvalue weighted by Gasteiger charge is 2.40. The first kappa shape index (κ1) is 60.1. The summed E-state index contributed by atoms with van der Waals surface area (Å²) in [5.41, 5.74) is -0.200. The molecule has 2 bridgehead atoms. The maximum atomic E-state index is 14.7. The Bertz CT molecular complexity index is 2990. The summed E-state index contributed by atoms with van der Waals surface area (Å²) in [5, 5.41) is 31.2. The quantitative estimate of drug-likeness (QED) is 0.129. The summed E-state index contributed by atoms with van der Waals surface area (Å²) in [5.74, 6) is -9.82. The Hall–Kier alpha value is -6.14. The number of amides is 8. The van der Waals surface area contributed by atoms with E-state index in [0.29, 0.717) is 45.3 Å². The molecule has 77 heavy (non-hydrogen) atoms. The molecule has 2 aromatic carbocycles. The summed E-state index contributed by atoms with van der Waals surface area (Å²) in [4.78, 5) is 155. The fourth-order valence-electron chi connectivity index (χ4n) is 7.81. The van der Waals surface area contributed by atoms with Crippen LogP contribution in [0.4, 0.5) is 0 Å². The molecular weight excluding hydrogens is 1120 g/mol. The third-order valence-corrected chi connectivity index (χ3v) is 18.3. The molecule has 0 saturated carbocycles. The fourth-order valence-corrected chi connectivity index (χ4v) is 14.1. The van der Waals surface area contributed by atoms with Crippen LogP contribution in [0.15, 0.2) is 60.7 Å². The van der Waals surface area contributed by atoms with E-state index in [9.17, 15) is 62.4 Å². The summed E-state index contributed by atoms with van der Waals surface area (Å²) in [6.45, 7) is -1.48. The number of rotatable bonds is 8. The molecule has 4 aromatic rings. The normalized spacial score (nSPS) is 23.1. The molecule has 0 unspecified atom stereocenters. The van der Waals surface area contributed by atoms with Gasteiger partial charge in [0.05, 0.1) is 29.9 Å². The van der Waals surface area contributed by atoms with Crippen molar-refractivity contribution in [2.75, 3.05) is 88.3 Å². The molecule has 4 heterocycles. The molecule has 2 aliphatic rings. The lowest BCUT2D eigenvalue weighted by Crippen LogP contribution is -2.57. The number of carbonyl (C=O) groups excluding carboxylic acids is 10. The molecule has 412 valence electrons. The molecular formula is C48H56N10O13S6. The van der Waals surface area contributed by atoms with Gasteiger partial charge in [-0.15, -0.1) is 0 Å². The van der Waals surface area contributed by atoms with E-state index < -0.39 is 158 Å². The Kier molecular flexibility index (Phi) is 21.4. The van der Waals surface area contributed by atoms with Gasteiger partial charge in [0.1, 0.15) is 47.8 Å². The fraction of sp³-hybridized carbons (Fsp3) is 0.417. The lowest BCUT2D eigenvalue weighted by Gasteiger charge is -2.35. The van der Waals surface area contributed by atoms with Crippen LogP contribution in [-0.4, -0.2) is 226 Å². The number of para-hydroxylation sites is 2. The van der Waals surface area contributed by atoms with Crippen molar-refractivity contribution < 1.29 is 62.4 Å². The molecule has 8 amide bonds. The van der Waals surface area contributed by atoms with Crippen LogP contribution in [0.3, 0.4) is 0 Å². The number of hydrogen-bond donors (Lipinski definition) is 6. The summed E-state index contributed by atoms with van der Waals surface area (Å²) in [7, 11) is 5.57. The van der Waals surface area contributed by atoms with Crippen molar-refractivity contribution in [1.29, 1.82) is 0 Å². The highest BCUT2D eigenvalue weighted by molar-refractivity contribution is 8.76. The van der Waals surface area contributed by atoms with Gasteiger partial charge < -0.3 is 51.1 Å². The predicted octanol–water partition coefficient (Wildman–Crippen LogP) is 0.301. The standard InChI is InChI=1S/C48H56N10O13S6/c1-55-31-22-75-76-23-32(46(68)58(4)34(24-77(6)71)48(70)74-20-30(42(64)50-17-37(55)61)54-44(66)40-36(60)16-26-12-8-10-14-28(26)52-40)56(2)38(62)18-49-41(63)29(19-73-47(69)33(21-72-5)57(3)45(31)67)53-43(65)39-35(59)15-25-11-7-9-13-27(25)51-39/h7-16,29-34,59-60H,17-24H2,1-6H3,(H,49,63)(H,50,64)(H,53,65)(H,54,66)/t29-,30-,31+,32+,33+,34+,77+/m1/s1. The minimum absolute atomic E-state index is 0.0411. The molecule has 6 N–H and O–H groups in total. The van der Waals surface area contributed by atoms with Crippen LogP contribution in [-0.2, 0) is 49.2 Å². The van der Waals surface area contributed by atoms with E-state index in [1.165, 1.54) is 58.3 Å². The van der Waals surface area contributed by atoms with Crippen molar-refractivity contribution in [1.82, 2.24) is 50.8 Å². The van der Waals surface area contributed by atoms with Crippen LogP contribution in [0, 0.1) is 0 Å². The number of thioether (sulfide) groups is 3. The van der Waals surface area contributed by atoms with Gasteiger partial charge in [-0.05, 0) is 30.5 Å². The zero-order chi connectivity index (χ0) is 56.2. The molecule has 0 spiro atoms. The van der Waals surface area contributed by atoms with E-state index in [0.717, 1.165) is 41.2 Å². The first-order valence-electron chi connectivity index (χ1n) is 23.4. The predicted molar refractivity (Wildman–Crippen MR) is 299 cm³/mol. The second-order valence-corrected chi connectivity index (χ2v) is 24.6. The van der Waals surface area contributed by atoms with Crippen LogP contribution in [0.25, 0.3) is 21.8 Å². The van der Waals surface area contributed by atoms with Gasteiger partial charge in [0, 0.05) is 84.8 Å². The van der Waals surface area contributed by atoms with E-state index in [1.54, 1.807) is 54.8 Å². The van der Waals surface area contributed by atoms with Crippen LogP contribution in [0.1, 0.15) is 21.0 Å². The maximum absolute atomic E-state index is 14.7. The van der Waals surface area contributed by atoms with Gasteiger partial charge in [0.2, 0.25) is 45.7 Å². The minimum Gasteiger partial charge on any atom is -0.505 e. The Labute approximate surface area is 465 Å². The SMILES string of the molecule is CSC[C@H]1C(=O)SC[C@@H](NC(=O)c2nc3ccccc3cc2O)C(=O)NCC(=O)N(C)[C@H]2CSSC[C@@H](C(=O)N1C)N(C)C(=O)CNC(=O)[C@H](NC(=O)c1nc3ccccc3cc1O)CSC(=O)[C@H](C[S@](C)=O)N(C)C2=O. The number of nitrogens with zero attached hydrogens (tertiary/aromatic N) is 6. The van der Waals surface area contributed by atoms with E-state index in [1.807, 2.05) is 0 Å². The van der Waals surface area contributed by atoms with Crippen LogP contribution < -0.4 is 21.3 Å². The van der Waals surface area contributed by atoms with Crippen molar-refractivity contribution in [3.8, 4) is 11.5 Å². The summed E-state index contributed by atoms with van der Waals surface area (Å²) < 4.78 is 12.9. The lowest BCUT2D eigenvalue weighted by molar-refractivity contribution is -0.144. The van der Waals surface area contributed by atoms with Crippen molar-refractivity contribution in [3.05, 3.63) is 72.1 Å². The monoisotopic (exact) mass is 1170 g/mol. The van der Waals surface area contributed by atoms with E-state index in [4.69, 9.17) is 0 Å². The molecule has 2 saturated heterocycles. The highest BCUT2D eigenvalue weighted by atomic mass is 33.1. The van der Waals surface area contributed by atoms with Crippen LogP contribution in [0.5, 0.6) is 11.5 Å². The molecule has 6 rings (SSSR count). The number of nitrogens with one attached hydrogen (secondary N) is 4. The molecule has 23 nitrogen and oxygen atoms in total. The second kappa shape index (κ2) is 27.4. The number of aromatic hydroxyl groups is 2. The van der Waals surface area contributed by atoms with E-state index >= 15 is 0 Å². The summed E-state index contributed by atoms with van der Waals surface area (Å²) in [6, 6.07) is 7.36. The van der Waals surface area contributed by atoms with Gasteiger partial charge in [-0.1, -0.05) is 81.5 Å². The Balaban J connectivity index is 1.37. The number of aromatic nitrogens is 2. The molecule has 7 atom stereocenters. The van der Waals surface area contributed by atoms with Gasteiger partial charge in [-0.3, -0.25) is 52.2 Å². The largest absolute Gasteiger partial charge is 0.505 e. The summed E-state index contributed by atoms with van der Waals surface area (Å²) in [6.07, 6.45) is 3.00. The first-order chi connectivity index (χ1) is 36.6. The molecule has 0 radical (unpaired) electrons. The van der Waals surface area contributed by atoms with Gasteiger partial charge in [0.15, 0.2) is 11.4 Å². The van der Waals surface area contributed by atoms with Crippen molar-refractivity contribution in [2.24, 2.45) is 0 Å². The zero-order valence-electron chi connectivity index (χ0n) is 42.4. The number of hydrogen-bond acceptors (Lipinski definition) is 20. The van der Waals surface area contributed by atoms with Gasteiger partial charge in [-0.2, -0.15) is 11.8 Å². The molecule has 2 aromatic heterocycles. The van der Waals surface area contributed by atoms with Gasteiger partial charge in [-0.25, -0.2) is 9.97 Å². The number of pyridine rings is 2. The smallest absolute Gasteiger partial charge is 0.274 e. The average molecular weight is 1170 g/mol. The minimum atomic E-state index is -1.72. The number of likely N-dealkylation sites (N-methyl/N-ethyl adjacent to an activating group) is 4. The van der Waals surface area contributed by atoms with Crippen molar-refractivity contribution >= 4 is 147 Å². The average Bonchev–Trinajstić information content (AvgIpc) is 3.41. The molecule has 0 aliphatic carbocycles. The zero-order valence-corrected chi connectivity index (χ0v) is 47.3. The first-order valence-corrected chi connectivity index (χ1v) is 31.0. The van der Waals surface area contributed by atoms with Crippen molar-refractivity contribution in [2.45, 2.75) is 36.3 Å². The van der Waals surface area contributed by atoms with E-state index in [2.05, 4.69) is 31.2 Å². The third kappa shape index (κ3) is 15.1. The summed E-state index contributed by atoms with van der Waals surface area (Å²) >= 11 is 2.32. The van der Waals surface area contributed by atoms with Gasteiger partial charge >= 0.3 is 0 Å². The molecule has 29 heteroatoms. The second-order valence-electron chi connectivity index (χ2n) is 17.6. The Morgan fingerprint density at radius 3 is 1.47 bits per heavy atom. The van der Waals surface area contributed by atoms with Crippen LogP contribution in [0.2, 0.25) is 0 Å². The number of benzene rings is 2. The number of carbonyl (C=O) groups is 10. The van der Waals surface area contributed by atoms with Gasteiger partial charge in [0.25, 0.3) is 11.8 Å². The lowest BCUT2D eigenvalue weighted by atomic mass is 10.1. The Morgan fingerprint density at radius 2 is 1.05 bits per heavy atom. The molecule has 2 fully saturated rings. The van der Waals surface area contributed by atoms with E-state index in [-0.39, 0.29) is 17.3 Å². The number of fused-ring (bicyclic) bond motifs is 7. The maximum Gasteiger partial charge on any atom is 0.274 e. The molecule has 2 aliphatic heterocycles. The van der Waals surface area contributed by atoms with Crippen LogP contribution >= 0.6 is 56.9 Å². The third-order valence-electron chi connectivity index (χ3n) is 12.4. The Morgan fingerprint density at radius 1 is 0.649 bits per heavy atom.